The third-order valence-corrected chi connectivity index (χ3v) is 11.8. The summed E-state index contributed by atoms with van der Waals surface area (Å²) in [7, 11) is 2.11. The van der Waals surface area contributed by atoms with Gasteiger partial charge in [0.15, 0.2) is 11.6 Å². The third-order valence-electron chi connectivity index (χ3n) is 11.8. The molecule has 6 fully saturated rings. The second kappa shape index (κ2) is 12.5. The Morgan fingerprint density at radius 2 is 1.69 bits per heavy atom. The molecule has 12 nitrogen and oxygen atoms in total. The first-order valence-electron chi connectivity index (χ1n) is 18.2. The normalized spacial score (nSPS) is 30.6. The molecule has 7 rings (SSSR count). The van der Waals surface area contributed by atoms with Crippen molar-refractivity contribution >= 4 is 23.5 Å². The predicted molar refractivity (Wildman–Crippen MR) is 177 cm³/mol. The predicted octanol–water partition coefficient (Wildman–Crippen LogP) is 4.78. The number of aromatic nitrogens is 2. The minimum absolute atomic E-state index is 0.0161. The van der Waals surface area contributed by atoms with Gasteiger partial charge >= 0.3 is 6.09 Å². The number of Topliss-reactive ketones (excluding diaryl/α,β-unsaturated/α-hetero) is 2. The van der Waals surface area contributed by atoms with Crippen LogP contribution in [0.5, 0.6) is 5.88 Å². The van der Waals surface area contributed by atoms with Crippen molar-refractivity contribution in [1.82, 2.24) is 19.8 Å². The van der Waals surface area contributed by atoms with Crippen molar-refractivity contribution in [1.29, 1.82) is 0 Å². The van der Waals surface area contributed by atoms with E-state index in [0.717, 1.165) is 51.5 Å². The average Bonchev–Trinajstić information content (AvgIpc) is 3.40. The SMILES string of the molecule is C[C@H](Oc1cc(N2CCN(C(=O)OC(C)(C)C)C3(CC3)C2)nc(C(=O)C2CCC[C@@]3(CCCCC34OCCO4)C2=O)n1)C1CCCN1C. The first-order chi connectivity index (χ1) is 22.9. The van der Waals surface area contributed by atoms with Crippen LogP contribution in [0.25, 0.3) is 0 Å². The molecule has 0 radical (unpaired) electrons. The summed E-state index contributed by atoms with van der Waals surface area (Å²) in [6.45, 7) is 11.2. The number of rotatable bonds is 6. The van der Waals surface area contributed by atoms with Crippen LogP contribution in [0.3, 0.4) is 0 Å². The van der Waals surface area contributed by atoms with Crippen molar-refractivity contribution in [2.75, 3.05) is 51.3 Å². The van der Waals surface area contributed by atoms with E-state index < -0.39 is 22.7 Å². The van der Waals surface area contributed by atoms with Crippen LogP contribution in [0.2, 0.25) is 0 Å². The van der Waals surface area contributed by atoms with Gasteiger partial charge in [0, 0.05) is 38.2 Å². The minimum atomic E-state index is -0.937. The van der Waals surface area contributed by atoms with Gasteiger partial charge in [-0.25, -0.2) is 9.78 Å². The summed E-state index contributed by atoms with van der Waals surface area (Å²) >= 11 is 0. The Morgan fingerprint density at radius 1 is 0.958 bits per heavy atom. The van der Waals surface area contributed by atoms with Gasteiger partial charge in [-0.15, -0.1) is 0 Å². The van der Waals surface area contributed by atoms with E-state index >= 15 is 0 Å². The molecule has 4 heterocycles. The van der Waals surface area contributed by atoms with Crippen LogP contribution in [0.4, 0.5) is 10.6 Å². The van der Waals surface area contributed by atoms with E-state index in [1.54, 1.807) is 0 Å². The highest BCUT2D eigenvalue weighted by Crippen LogP contribution is 2.56. The molecule has 2 unspecified atom stereocenters. The quantitative estimate of drug-likeness (QED) is 0.308. The lowest BCUT2D eigenvalue weighted by Crippen LogP contribution is -2.60. The molecular weight excluding hydrogens is 614 g/mol. The molecule has 6 aliphatic rings. The highest BCUT2D eigenvalue weighted by Gasteiger charge is 2.64. The molecule has 264 valence electrons. The number of hydrogen-bond acceptors (Lipinski definition) is 11. The van der Waals surface area contributed by atoms with Crippen LogP contribution in [0.1, 0.15) is 109 Å². The highest BCUT2D eigenvalue weighted by atomic mass is 16.7. The van der Waals surface area contributed by atoms with E-state index in [4.69, 9.17) is 28.9 Å². The second-order valence-corrected chi connectivity index (χ2v) is 16.1. The number of anilines is 1. The molecule has 12 heteroatoms. The van der Waals surface area contributed by atoms with E-state index in [1.165, 1.54) is 0 Å². The van der Waals surface area contributed by atoms with E-state index in [9.17, 15) is 14.4 Å². The number of likely N-dealkylation sites (tertiary alicyclic amines) is 1. The number of carbonyl (C=O) groups is 3. The number of amides is 1. The monoisotopic (exact) mass is 667 g/mol. The summed E-state index contributed by atoms with van der Waals surface area (Å²) in [6, 6.07) is 2.06. The smallest absolute Gasteiger partial charge is 0.410 e. The molecule has 0 aromatic carbocycles. The number of carbonyl (C=O) groups excluding carboxylic acids is 3. The Morgan fingerprint density at radius 3 is 2.38 bits per heavy atom. The second-order valence-electron chi connectivity index (χ2n) is 16.1. The van der Waals surface area contributed by atoms with Gasteiger partial charge in [0.25, 0.3) is 0 Å². The molecule has 3 saturated carbocycles. The number of nitrogens with zero attached hydrogens (tertiary/aromatic N) is 5. The Labute approximate surface area is 284 Å². The lowest BCUT2D eigenvalue weighted by molar-refractivity contribution is -0.255. The van der Waals surface area contributed by atoms with Crippen LogP contribution in [-0.4, -0.2) is 113 Å². The van der Waals surface area contributed by atoms with E-state index in [0.29, 0.717) is 70.2 Å². The van der Waals surface area contributed by atoms with Crippen LogP contribution >= 0.6 is 0 Å². The first kappa shape index (κ1) is 33.7. The van der Waals surface area contributed by atoms with Crippen LogP contribution in [0.15, 0.2) is 6.07 Å². The van der Waals surface area contributed by atoms with E-state index in [2.05, 4.69) is 16.8 Å². The lowest BCUT2D eigenvalue weighted by atomic mass is 9.57. The molecular formula is C36H53N5O7. The number of likely N-dealkylation sites (N-methyl/N-ethyl adjacent to an activating group) is 1. The van der Waals surface area contributed by atoms with Gasteiger partial charge in [0.1, 0.15) is 17.5 Å². The summed E-state index contributed by atoms with van der Waals surface area (Å²) in [5, 5.41) is 0. The maximum Gasteiger partial charge on any atom is 0.410 e. The maximum atomic E-state index is 14.5. The van der Waals surface area contributed by atoms with Crippen LogP contribution in [0, 0.1) is 11.3 Å². The molecule has 3 spiro atoms. The fraction of sp³-hybridized carbons (Fsp3) is 0.806. The Kier molecular flexibility index (Phi) is 8.76. The van der Waals surface area contributed by atoms with Crippen LogP contribution in [-0.2, 0) is 19.0 Å². The molecule has 1 aromatic rings. The summed E-state index contributed by atoms with van der Waals surface area (Å²) in [5.74, 6) is -1.30. The fourth-order valence-corrected chi connectivity index (χ4v) is 9.21. The first-order valence-corrected chi connectivity index (χ1v) is 18.2. The molecule has 3 saturated heterocycles. The van der Waals surface area contributed by atoms with Crippen molar-refractivity contribution in [2.24, 2.45) is 11.3 Å². The topological polar surface area (TPSA) is 124 Å². The summed E-state index contributed by atoms with van der Waals surface area (Å²) < 4.78 is 24.7. The molecule has 1 amide bonds. The number of ether oxygens (including phenoxy) is 4. The fourth-order valence-electron chi connectivity index (χ4n) is 9.21. The maximum absolute atomic E-state index is 14.5. The molecule has 0 bridgehead atoms. The van der Waals surface area contributed by atoms with E-state index in [-0.39, 0.29) is 41.2 Å². The van der Waals surface area contributed by atoms with Crippen molar-refractivity contribution < 1.29 is 33.3 Å². The Bertz CT molecular complexity index is 1420. The number of fused-ring (bicyclic) bond motifs is 1. The van der Waals surface area contributed by atoms with Crippen molar-refractivity contribution in [3.63, 3.8) is 0 Å². The Balaban J connectivity index is 1.18. The molecule has 0 N–H and O–H groups in total. The summed E-state index contributed by atoms with van der Waals surface area (Å²) in [4.78, 5) is 58.0. The standard InChI is InChI=1S/C36H53N5O7/c1-24(26-11-9-17-39(26)5)47-28-22-27(40-18-19-41(34(23-40)15-16-34)32(44)48-33(2,3)4)37-31(38-28)29(42)25-10-8-13-35(30(25)43)12-6-7-14-36(35)45-20-21-46-36/h22,24-26H,6-21,23H2,1-5H3/t24-,25?,26?,35-/m0/s1. The van der Waals surface area contributed by atoms with E-state index in [1.807, 2.05) is 38.7 Å². The molecule has 1 aromatic heterocycles. The van der Waals surface area contributed by atoms with Gasteiger partial charge in [-0.2, -0.15) is 4.98 Å². The van der Waals surface area contributed by atoms with Gasteiger partial charge in [0.05, 0.1) is 30.1 Å². The lowest BCUT2D eigenvalue weighted by Gasteiger charge is -2.51. The molecule has 3 aliphatic heterocycles. The zero-order valence-corrected chi connectivity index (χ0v) is 29.4. The van der Waals surface area contributed by atoms with Gasteiger partial charge in [0.2, 0.25) is 17.5 Å². The third kappa shape index (κ3) is 5.99. The average molecular weight is 668 g/mol. The van der Waals surface area contributed by atoms with Crippen molar-refractivity contribution in [3.05, 3.63) is 11.9 Å². The minimum Gasteiger partial charge on any atom is -0.473 e. The van der Waals surface area contributed by atoms with Crippen molar-refractivity contribution in [3.8, 4) is 5.88 Å². The number of piperazine rings is 1. The van der Waals surface area contributed by atoms with Crippen molar-refractivity contribution in [2.45, 2.75) is 127 Å². The largest absolute Gasteiger partial charge is 0.473 e. The highest BCUT2D eigenvalue weighted by molar-refractivity contribution is 6.11. The Hall–Kier alpha value is -2.83. The zero-order valence-electron chi connectivity index (χ0n) is 29.4. The summed E-state index contributed by atoms with van der Waals surface area (Å²) in [6.07, 6.45) is 8.50. The van der Waals surface area contributed by atoms with Gasteiger partial charge in [-0.1, -0.05) is 12.8 Å². The molecule has 48 heavy (non-hydrogen) atoms. The number of hydrogen-bond donors (Lipinski definition) is 0. The van der Waals surface area contributed by atoms with Gasteiger partial charge in [-0.05, 0) is 92.7 Å². The van der Waals surface area contributed by atoms with Crippen LogP contribution < -0.4 is 9.64 Å². The molecule has 4 atom stereocenters. The zero-order chi connectivity index (χ0) is 33.9. The molecule has 3 aliphatic carbocycles. The van der Waals surface area contributed by atoms with Gasteiger partial charge < -0.3 is 23.8 Å². The van der Waals surface area contributed by atoms with Gasteiger partial charge in [-0.3, -0.25) is 19.4 Å². The number of ketones is 2. The summed E-state index contributed by atoms with van der Waals surface area (Å²) in [5.41, 5.74) is -1.74.